The lowest BCUT2D eigenvalue weighted by Gasteiger charge is -2.04. The van der Waals surface area contributed by atoms with Crippen molar-refractivity contribution >= 4 is 28.7 Å². The van der Waals surface area contributed by atoms with Crippen molar-refractivity contribution in [3.05, 3.63) is 78.0 Å². The zero-order chi connectivity index (χ0) is 17.8. The minimum Gasteiger partial charge on any atom is -0.398 e. The van der Waals surface area contributed by atoms with Crippen LogP contribution in [0.4, 0.5) is 5.69 Å². The summed E-state index contributed by atoms with van der Waals surface area (Å²) in [6.45, 7) is 6.56. The lowest BCUT2D eigenvalue weighted by atomic mass is 10.1. The Morgan fingerprint density at radius 2 is 1.96 bits per heavy atom. The molecule has 0 aliphatic heterocycles. The van der Waals surface area contributed by atoms with Gasteiger partial charge in [-0.1, -0.05) is 36.4 Å². The summed E-state index contributed by atoms with van der Waals surface area (Å²) in [5.74, 6) is -0.332. The highest BCUT2D eigenvalue weighted by molar-refractivity contribution is 6.03. The molecule has 3 aromatic rings. The molecule has 2 aromatic carbocycles. The summed E-state index contributed by atoms with van der Waals surface area (Å²) in [5.41, 5.74) is 12.3. The molecule has 0 saturated carbocycles. The number of hydrogen-bond acceptors (Lipinski definition) is 3. The number of benzene rings is 2. The molecule has 0 saturated heterocycles. The van der Waals surface area contributed by atoms with Gasteiger partial charge in [-0.2, -0.15) is 5.10 Å². The molecular weight excluding hydrogens is 312 g/mol. The Balaban J connectivity index is 1.89. The van der Waals surface area contributed by atoms with E-state index in [-0.39, 0.29) is 5.91 Å². The summed E-state index contributed by atoms with van der Waals surface area (Å²) in [5, 5.41) is 5.21. The van der Waals surface area contributed by atoms with Crippen LogP contribution in [0.3, 0.4) is 0 Å². The minimum absolute atomic E-state index is 0.332. The Labute approximate surface area is 146 Å². The largest absolute Gasteiger partial charge is 0.398 e. The molecule has 3 N–H and O–H groups in total. The van der Waals surface area contributed by atoms with Crippen molar-refractivity contribution in [2.24, 2.45) is 5.10 Å². The Kier molecular flexibility index (Phi) is 4.66. The molecule has 1 amide bonds. The Hall–Kier alpha value is -3.34. The van der Waals surface area contributed by atoms with E-state index in [2.05, 4.69) is 27.7 Å². The van der Waals surface area contributed by atoms with Crippen LogP contribution in [0.5, 0.6) is 0 Å². The number of para-hydroxylation sites is 2. The van der Waals surface area contributed by atoms with Gasteiger partial charge in [0.1, 0.15) is 0 Å². The van der Waals surface area contributed by atoms with Crippen LogP contribution in [0.2, 0.25) is 0 Å². The van der Waals surface area contributed by atoms with Gasteiger partial charge in [0.2, 0.25) is 0 Å². The van der Waals surface area contributed by atoms with Crippen LogP contribution in [-0.4, -0.2) is 16.7 Å². The second-order valence-corrected chi connectivity index (χ2v) is 5.70. The SMILES string of the molecule is C=CCn1c(C)c(/C=N/NC(=O)c2ccccc2N)c2ccccc21. The molecule has 5 nitrogen and oxygen atoms in total. The number of rotatable bonds is 5. The molecule has 5 heteroatoms. The third kappa shape index (κ3) is 3.17. The number of aromatic nitrogens is 1. The van der Waals surface area contributed by atoms with Crippen molar-refractivity contribution < 1.29 is 4.79 Å². The number of anilines is 1. The van der Waals surface area contributed by atoms with Crippen molar-refractivity contribution in [1.82, 2.24) is 9.99 Å². The van der Waals surface area contributed by atoms with Gasteiger partial charge in [-0.15, -0.1) is 6.58 Å². The van der Waals surface area contributed by atoms with Gasteiger partial charge in [0.25, 0.3) is 5.91 Å². The van der Waals surface area contributed by atoms with Gasteiger partial charge in [-0.3, -0.25) is 4.79 Å². The number of nitrogens with zero attached hydrogens (tertiary/aromatic N) is 2. The molecule has 25 heavy (non-hydrogen) atoms. The molecule has 126 valence electrons. The fourth-order valence-electron chi connectivity index (χ4n) is 2.90. The molecule has 0 aliphatic rings. The van der Waals surface area contributed by atoms with Crippen molar-refractivity contribution in [2.75, 3.05) is 5.73 Å². The number of hydrogen-bond donors (Lipinski definition) is 2. The van der Waals surface area contributed by atoms with Crippen LogP contribution in [0.1, 0.15) is 21.6 Å². The molecule has 1 aromatic heterocycles. The quantitative estimate of drug-likeness (QED) is 0.325. The molecule has 0 fully saturated rings. The summed E-state index contributed by atoms with van der Waals surface area (Å²) in [6.07, 6.45) is 3.54. The smallest absolute Gasteiger partial charge is 0.273 e. The number of carbonyl (C=O) groups excluding carboxylic acids is 1. The summed E-state index contributed by atoms with van der Waals surface area (Å²) in [6, 6.07) is 15.0. The number of nitrogens with two attached hydrogens (primary N) is 1. The number of hydrazone groups is 1. The predicted octanol–water partition coefficient (Wildman–Crippen LogP) is 3.48. The standard InChI is InChI=1S/C20H20N4O/c1-3-12-24-14(2)17(15-8-5-7-11-19(15)24)13-22-23-20(25)16-9-4-6-10-18(16)21/h3-11,13H,1,12,21H2,2H3,(H,23,25)/b22-13+. The third-order valence-electron chi connectivity index (χ3n) is 4.16. The van der Waals surface area contributed by atoms with Crippen LogP contribution in [0.15, 0.2) is 66.3 Å². The molecule has 0 spiro atoms. The number of amides is 1. The van der Waals surface area contributed by atoms with E-state index < -0.39 is 0 Å². The number of allylic oxidation sites excluding steroid dienone is 1. The summed E-state index contributed by atoms with van der Waals surface area (Å²) in [7, 11) is 0. The average Bonchev–Trinajstić information content (AvgIpc) is 2.88. The molecule has 0 radical (unpaired) electrons. The highest BCUT2D eigenvalue weighted by atomic mass is 16.2. The van der Waals surface area contributed by atoms with Gasteiger partial charge in [0.05, 0.1) is 11.8 Å². The van der Waals surface area contributed by atoms with Crippen LogP contribution in [0.25, 0.3) is 10.9 Å². The normalized spacial score (nSPS) is 11.1. The van der Waals surface area contributed by atoms with Gasteiger partial charge < -0.3 is 10.3 Å². The highest BCUT2D eigenvalue weighted by Crippen LogP contribution is 2.24. The number of fused-ring (bicyclic) bond motifs is 1. The lowest BCUT2D eigenvalue weighted by molar-refractivity contribution is 0.0956. The van der Waals surface area contributed by atoms with Gasteiger partial charge in [-0.05, 0) is 25.1 Å². The van der Waals surface area contributed by atoms with E-state index in [1.165, 1.54) is 0 Å². The van der Waals surface area contributed by atoms with Crippen LogP contribution >= 0.6 is 0 Å². The van der Waals surface area contributed by atoms with Crippen LogP contribution in [0, 0.1) is 6.92 Å². The predicted molar refractivity (Wildman–Crippen MR) is 103 cm³/mol. The Morgan fingerprint density at radius 1 is 1.24 bits per heavy atom. The fraction of sp³-hybridized carbons (Fsp3) is 0.100. The first kappa shape index (κ1) is 16.5. The topological polar surface area (TPSA) is 72.4 Å². The molecule has 3 rings (SSSR count). The Bertz CT molecular complexity index is 969. The Morgan fingerprint density at radius 3 is 2.72 bits per heavy atom. The van der Waals surface area contributed by atoms with Gasteiger partial charge >= 0.3 is 0 Å². The van der Waals surface area contributed by atoms with E-state index in [0.29, 0.717) is 17.8 Å². The maximum absolute atomic E-state index is 12.2. The van der Waals surface area contributed by atoms with E-state index >= 15 is 0 Å². The lowest BCUT2D eigenvalue weighted by Crippen LogP contribution is -2.19. The molecule has 0 unspecified atom stereocenters. The van der Waals surface area contributed by atoms with E-state index in [4.69, 9.17) is 5.73 Å². The van der Waals surface area contributed by atoms with Crippen LogP contribution < -0.4 is 11.2 Å². The van der Waals surface area contributed by atoms with Gasteiger partial charge in [0, 0.05) is 34.4 Å². The maximum atomic E-state index is 12.2. The zero-order valence-electron chi connectivity index (χ0n) is 14.1. The fourth-order valence-corrected chi connectivity index (χ4v) is 2.90. The highest BCUT2D eigenvalue weighted by Gasteiger charge is 2.12. The first-order valence-electron chi connectivity index (χ1n) is 8.00. The molecule has 0 aliphatic carbocycles. The van der Waals surface area contributed by atoms with Crippen LogP contribution in [-0.2, 0) is 6.54 Å². The van der Waals surface area contributed by atoms with Gasteiger partial charge in [-0.25, -0.2) is 5.43 Å². The zero-order valence-corrected chi connectivity index (χ0v) is 14.1. The number of nitrogen functional groups attached to an aromatic ring is 1. The summed E-state index contributed by atoms with van der Waals surface area (Å²) >= 11 is 0. The van der Waals surface area contributed by atoms with Crippen molar-refractivity contribution in [3.63, 3.8) is 0 Å². The maximum Gasteiger partial charge on any atom is 0.273 e. The van der Waals surface area contributed by atoms with E-state index in [1.54, 1.807) is 30.5 Å². The second-order valence-electron chi connectivity index (χ2n) is 5.70. The monoisotopic (exact) mass is 332 g/mol. The summed E-state index contributed by atoms with van der Waals surface area (Å²) < 4.78 is 2.17. The van der Waals surface area contributed by atoms with E-state index in [1.807, 2.05) is 31.2 Å². The van der Waals surface area contributed by atoms with Gasteiger partial charge in [0.15, 0.2) is 0 Å². The molecule has 0 bridgehead atoms. The third-order valence-corrected chi connectivity index (χ3v) is 4.16. The second kappa shape index (κ2) is 7.05. The molecule has 1 heterocycles. The van der Waals surface area contributed by atoms with Crippen molar-refractivity contribution in [1.29, 1.82) is 0 Å². The number of carbonyl (C=O) groups is 1. The molecule has 0 atom stereocenters. The summed E-state index contributed by atoms with van der Waals surface area (Å²) in [4.78, 5) is 12.2. The molecular formula is C20H20N4O. The average molecular weight is 332 g/mol. The number of nitrogens with one attached hydrogen (secondary N) is 1. The van der Waals surface area contributed by atoms with Crippen molar-refractivity contribution in [2.45, 2.75) is 13.5 Å². The first-order chi connectivity index (χ1) is 12.1. The van der Waals surface area contributed by atoms with Crippen molar-refractivity contribution in [3.8, 4) is 0 Å². The van der Waals surface area contributed by atoms with E-state index in [9.17, 15) is 4.79 Å². The first-order valence-corrected chi connectivity index (χ1v) is 8.00. The minimum atomic E-state index is -0.332. The van der Waals surface area contributed by atoms with E-state index in [0.717, 1.165) is 22.2 Å².